The average Bonchev–Trinajstić information content (AvgIpc) is 2.29. The molecule has 1 unspecified atom stereocenters. The molecule has 2 N–H and O–H groups in total. The Morgan fingerprint density at radius 1 is 1.31 bits per heavy atom. The number of nitrogens with zero attached hydrogens (tertiary/aromatic N) is 1. The molecule has 0 spiro atoms. The van der Waals surface area contributed by atoms with Gasteiger partial charge in [-0.2, -0.15) is 0 Å². The Hall–Kier alpha value is -0.0600. The van der Waals surface area contributed by atoms with Gasteiger partial charge in [0.05, 0.1) is 0 Å². The molecule has 1 aliphatic carbocycles. The van der Waals surface area contributed by atoms with Crippen molar-refractivity contribution in [1.29, 1.82) is 0 Å². The first-order chi connectivity index (χ1) is 7.69. The highest BCUT2D eigenvalue weighted by molar-refractivity contribution is 6.18. The van der Waals surface area contributed by atoms with Gasteiger partial charge in [0.25, 0.3) is 0 Å². The topological polar surface area (TPSA) is 43.7 Å². The number of halogens is 2. The van der Waals surface area contributed by atoms with Crippen LogP contribution in [0.1, 0.15) is 6.42 Å². The van der Waals surface area contributed by atoms with Crippen LogP contribution in [0.4, 0.5) is 0 Å². The van der Waals surface area contributed by atoms with Crippen molar-refractivity contribution in [2.75, 3.05) is 24.8 Å². The molecule has 0 heterocycles. The fraction of sp³-hybridized carbons (Fsp3) is 0.636. The zero-order valence-corrected chi connectivity index (χ0v) is 10.5. The van der Waals surface area contributed by atoms with Crippen molar-refractivity contribution in [1.82, 2.24) is 4.90 Å². The van der Waals surface area contributed by atoms with E-state index in [9.17, 15) is 0 Å². The molecule has 0 radical (unpaired) electrons. The maximum Gasteiger partial charge on any atom is 0.178 e. The maximum atomic E-state index is 8.99. The molecule has 0 bridgehead atoms. The third-order valence-electron chi connectivity index (χ3n) is 2.62. The molecular weight excluding hydrogens is 249 g/mol. The SMILES string of the molecule is OC(O)C1=CCC(N(CCCl)CCCl)C=C1. The number of rotatable bonds is 6. The summed E-state index contributed by atoms with van der Waals surface area (Å²) in [6.07, 6.45) is 4.93. The molecule has 0 saturated heterocycles. The van der Waals surface area contributed by atoms with Crippen molar-refractivity contribution in [2.45, 2.75) is 18.8 Å². The van der Waals surface area contributed by atoms with Crippen molar-refractivity contribution < 1.29 is 10.2 Å². The number of hydrogen-bond acceptors (Lipinski definition) is 3. The lowest BCUT2D eigenvalue weighted by Crippen LogP contribution is -2.37. The molecule has 16 heavy (non-hydrogen) atoms. The smallest absolute Gasteiger partial charge is 0.178 e. The second-order valence-corrected chi connectivity index (χ2v) is 4.41. The fourth-order valence-electron chi connectivity index (χ4n) is 1.75. The van der Waals surface area contributed by atoms with Crippen LogP contribution in [0, 0.1) is 0 Å². The Morgan fingerprint density at radius 3 is 2.31 bits per heavy atom. The summed E-state index contributed by atoms with van der Waals surface area (Å²) in [6, 6.07) is 0.250. The van der Waals surface area contributed by atoms with E-state index >= 15 is 0 Å². The van der Waals surface area contributed by atoms with Crippen LogP contribution in [-0.2, 0) is 0 Å². The van der Waals surface area contributed by atoms with E-state index in [0.29, 0.717) is 17.3 Å². The monoisotopic (exact) mass is 265 g/mol. The Labute approximate surface area is 106 Å². The Bertz CT molecular complexity index is 261. The van der Waals surface area contributed by atoms with E-state index in [1.165, 1.54) is 0 Å². The molecule has 1 rings (SSSR count). The summed E-state index contributed by atoms with van der Waals surface area (Å²) < 4.78 is 0. The van der Waals surface area contributed by atoms with Crippen LogP contribution in [0.3, 0.4) is 0 Å². The van der Waals surface area contributed by atoms with Gasteiger partial charge in [0.2, 0.25) is 0 Å². The highest BCUT2D eigenvalue weighted by Gasteiger charge is 2.18. The summed E-state index contributed by atoms with van der Waals surface area (Å²) in [4.78, 5) is 2.19. The van der Waals surface area contributed by atoms with Gasteiger partial charge in [-0.05, 0) is 6.42 Å². The second kappa shape index (κ2) is 7.30. The molecule has 1 aliphatic rings. The van der Waals surface area contributed by atoms with Crippen molar-refractivity contribution in [3.8, 4) is 0 Å². The first-order valence-electron chi connectivity index (χ1n) is 5.29. The number of aliphatic hydroxyl groups excluding tert-OH is 1. The standard InChI is InChI=1S/C11H17Cl2NO2/c12-5-7-14(8-6-13)10-3-1-9(2-4-10)11(15)16/h1-3,10-11,15-16H,4-8H2. The van der Waals surface area contributed by atoms with E-state index in [2.05, 4.69) is 4.90 Å². The van der Waals surface area contributed by atoms with E-state index < -0.39 is 6.29 Å². The van der Waals surface area contributed by atoms with Gasteiger partial charge in [0.1, 0.15) is 0 Å². The van der Waals surface area contributed by atoms with E-state index in [4.69, 9.17) is 33.4 Å². The second-order valence-electron chi connectivity index (χ2n) is 3.65. The van der Waals surface area contributed by atoms with E-state index in [1.54, 1.807) is 6.08 Å². The van der Waals surface area contributed by atoms with Gasteiger partial charge in [-0.1, -0.05) is 18.2 Å². The van der Waals surface area contributed by atoms with Crippen molar-refractivity contribution in [3.63, 3.8) is 0 Å². The Morgan fingerprint density at radius 2 is 1.94 bits per heavy atom. The minimum atomic E-state index is -1.38. The molecule has 92 valence electrons. The lowest BCUT2D eigenvalue weighted by Gasteiger charge is -2.29. The van der Waals surface area contributed by atoms with Gasteiger partial charge in [0, 0.05) is 36.5 Å². The number of hydrogen-bond donors (Lipinski definition) is 2. The molecule has 0 aliphatic heterocycles. The van der Waals surface area contributed by atoms with Crippen LogP contribution in [0.5, 0.6) is 0 Å². The van der Waals surface area contributed by atoms with Crippen molar-refractivity contribution in [3.05, 3.63) is 23.8 Å². The van der Waals surface area contributed by atoms with Gasteiger partial charge in [-0.15, -0.1) is 23.2 Å². The maximum absolute atomic E-state index is 8.99. The predicted molar refractivity (Wildman–Crippen MR) is 66.9 cm³/mol. The molecule has 0 saturated carbocycles. The Kier molecular flexibility index (Phi) is 6.39. The van der Waals surface area contributed by atoms with E-state index in [0.717, 1.165) is 19.5 Å². The van der Waals surface area contributed by atoms with Crippen LogP contribution < -0.4 is 0 Å². The van der Waals surface area contributed by atoms with E-state index in [1.807, 2.05) is 12.2 Å². The third kappa shape index (κ3) is 4.07. The average molecular weight is 266 g/mol. The molecule has 0 aromatic heterocycles. The normalized spacial score (nSPS) is 20.6. The largest absolute Gasteiger partial charge is 0.364 e. The molecule has 0 aromatic rings. The molecule has 1 atom stereocenters. The third-order valence-corrected chi connectivity index (χ3v) is 2.95. The summed E-state index contributed by atoms with van der Waals surface area (Å²) >= 11 is 11.5. The van der Waals surface area contributed by atoms with Gasteiger partial charge in [-0.25, -0.2) is 0 Å². The van der Waals surface area contributed by atoms with Crippen LogP contribution >= 0.6 is 23.2 Å². The zero-order valence-electron chi connectivity index (χ0n) is 9.02. The van der Waals surface area contributed by atoms with Crippen LogP contribution in [-0.4, -0.2) is 52.3 Å². The minimum Gasteiger partial charge on any atom is -0.364 e. The van der Waals surface area contributed by atoms with Crippen LogP contribution in [0.15, 0.2) is 23.8 Å². The van der Waals surface area contributed by atoms with E-state index in [-0.39, 0.29) is 6.04 Å². The van der Waals surface area contributed by atoms with Crippen LogP contribution in [0.2, 0.25) is 0 Å². The van der Waals surface area contributed by atoms with Gasteiger partial charge >= 0.3 is 0 Å². The van der Waals surface area contributed by atoms with Crippen molar-refractivity contribution >= 4 is 23.2 Å². The van der Waals surface area contributed by atoms with Crippen molar-refractivity contribution in [2.24, 2.45) is 0 Å². The highest BCUT2D eigenvalue weighted by Crippen LogP contribution is 2.17. The number of aliphatic hydroxyl groups is 2. The number of alkyl halides is 2. The first kappa shape index (κ1) is 14.0. The molecule has 3 nitrogen and oxygen atoms in total. The summed E-state index contributed by atoms with van der Waals surface area (Å²) in [5, 5.41) is 18.0. The molecule has 0 amide bonds. The van der Waals surface area contributed by atoms with Gasteiger partial charge in [0.15, 0.2) is 6.29 Å². The Balaban J connectivity index is 2.54. The molecule has 0 fully saturated rings. The minimum absolute atomic E-state index is 0.250. The van der Waals surface area contributed by atoms with Crippen LogP contribution in [0.25, 0.3) is 0 Å². The quantitative estimate of drug-likeness (QED) is 0.563. The summed E-state index contributed by atoms with van der Waals surface area (Å²) in [5.41, 5.74) is 0.549. The molecule has 5 heteroatoms. The first-order valence-corrected chi connectivity index (χ1v) is 6.36. The summed E-state index contributed by atoms with van der Waals surface area (Å²) in [6.45, 7) is 1.57. The fourth-order valence-corrected chi connectivity index (χ4v) is 2.18. The zero-order chi connectivity index (χ0) is 12.0. The highest BCUT2D eigenvalue weighted by atomic mass is 35.5. The summed E-state index contributed by atoms with van der Waals surface area (Å²) in [5.74, 6) is 1.14. The van der Waals surface area contributed by atoms with Gasteiger partial charge in [-0.3, -0.25) is 4.90 Å². The molecule has 0 aromatic carbocycles. The molecular formula is C11H17Cl2NO2. The summed E-state index contributed by atoms with van der Waals surface area (Å²) in [7, 11) is 0. The predicted octanol–water partition coefficient (Wildman–Crippen LogP) is 1.33. The van der Waals surface area contributed by atoms with Gasteiger partial charge < -0.3 is 10.2 Å². The lowest BCUT2D eigenvalue weighted by atomic mass is 10.0. The lowest BCUT2D eigenvalue weighted by molar-refractivity contribution is -0.00550.